The van der Waals surface area contributed by atoms with Crippen molar-refractivity contribution in [3.63, 3.8) is 0 Å². The van der Waals surface area contributed by atoms with Crippen LogP contribution < -0.4 is 5.73 Å². The fraction of sp³-hybridized carbons (Fsp3) is 0.455. The largest absolute Gasteiger partial charge is 0.330 e. The monoisotopic (exact) mass is 199 g/mol. The highest BCUT2D eigenvalue weighted by Crippen LogP contribution is 2.23. The van der Waals surface area contributed by atoms with Crippen molar-refractivity contribution < 1.29 is 8.78 Å². The average molecular weight is 199 g/mol. The Morgan fingerprint density at radius 2 is 1.64 bits per heavy atom. The zero-order valence-electron chi connectivity index (χ0n) is 8.21. The van der Waals surface area contributed by atoms with Crippen LogP contribution in [0, 0.1) is 0 Å². The van der Waals surface area contributed by atoms with Crippen molar-refractivity contribution in [1.82, 2.24) is 0 Å². The first-order valence-corrected chi connectivity index (χ1v) is 4.73. The third kappa shape index (κ3) is 2.77. The molecule has 1 atom stereocenters. The van der Waals surface area contributed by atoms with Crippen LogP contribution in [-0.2, 0) is 0 Å². The molecule has 0 aliphatic carbocycles. The highest BCUT2D eigenvalue weighted by Gasteiger charge is 2.08. The molecule has 0 heterocycles. The molecule has 0 fully saturated rings. The summed E-state index contributed by atoms with van der Waals surface area (Å²) < 4.78 is 24.5. The van der Waals surface area contributed by atoms with E-state index in [9.17, 15) is 8.78 Å². The van der Waals surface area contributed by atoms with Crippen LogP contribution in [0.3, 0.4) is 0 Å². The molecule has 0 amide bonds. The fourth-order valence-electron chi connectivity index (χ4n) is 1.39. The molecule has 1 aromatic carbocycles. The van der Waals surface area contributed by atoms with Crippen LogP contribution in [0.1, 0.15) is 36.8 Å². The average Bonchev–Trinajstić information content (AvgIpc) is 2.18. The first kappa shape index (κ1) is 11.1. The molecule has 0 bridgehead atoms. The van der Waals surface area contributed by atoms with Crippen LogP contribution in [0.25, 0.3) is 0 Å². The summed E-state index contributed by atoms with van der Waals surface area (Å²) in [6.07, 6.45) is -1.50. The maximum absolute atomic E-state index is 12.2. The Hall–Kier alpha value is -0.960. The first-order chi connectivity index (χ1) is 6.65. The van der Waals surface area contributed by atoms with E-state index in [0.717, 1.165) is 12.0 Å². The SMILES string of the molecule is CC(CCN)c1ccc(C(F)F)cc1. The predicted octanol–water partition coefficient (Wildman–Crippen LogP) is 3.08. The molecule has 78 valence electrons. The molecule has 1 aromatic rings. The number of hydrogen-bond donors (Lipinski definition) is 1. The molecule has 0 spiro atoms. The summed E-state index contributed by atoms with van der Waals surface area (Å²) >= 11 is 0. The van der Waals surface area contributed by atoms with Crippen LogP contribution in [0.2, 0.25) is 0 Å². The number of hydrogen-bond acceptors (Lipinski definition) is 1. The second kappa shape index (κ2) is 5.05. The van der Waals surface area contributed by atoms with E-state index in [1.54, 1.807) is 12.1 Å². The highest BCUT2D eigenvalue weighted by molar-refractivity contribution is 5.25. The molecule has 0 saturated carbocycles. The zero-order chi connectivity index (χ0) is 10.6. The molecule has 3 heteroatoms. The Kier molecular flexibility index (Phi) is 4.01. The minimum atomic E-state index is -2.38. The van der Waals surface area contributed by atoms with Gasteiger partial charge in [-0.15, -0.1) is 0 Å². The Morgan fingerprint density at radius 1 is 1.14 bits per heavy atom. The van der Waals surface area contributed by atoms with Crippen molar-refractivity contribution in [3.8, 4) is 0 Å². The van der Waals surface area contributed by atoms with Crippen LogP contribution >= 0.6 is 0 Å². The molecule has 0 saturated heterocycles. The van der Waals surface area contributed by atoms with E-state index >= 15 is 0 Å². The summed E-state index contributed by atoms with van der Waals surface area (Å²) in [6.45, 7) is 2.67. The molecule has 1 rings (SSSR count). The van der Waals surface area contributed by atoms with Gasteiger partial charge in [0.2, 0.25) is 0 Å². The predicted molar refractivity (Wildman–Crippen MR) is 53.5 cm³/mol. The smallest absolute Gasteiger partial charge is 0.263 e. The molecule has 14 heavy (non-hydrogen) atoms. The lowest BCUT2D eigenvalue weighted by Crippen LogP contribution is -2.04. The second-order valence-electron chi connectivity index (χ2n) is 3.45. The summed E-state index contributed by atoms with van der Waals surface area (Å²) in [4.78, 5) is 0. The quantitative estimate of drug-likeness (QED) is 0.792. The zero-order valence-corrected chi connectivity index (χ0v) is 8.21. The molecule has 0 aromatic heterocycles. The van der Waals surface area contributed by atoms with E-state index < -0.39 is 6.43 Å². The maximum Gasteiger partial charge on any atom is 0.263 e. The Labute approximate surface area is 82.9 Å². The summed E-state index contributed by atoms with van der Waals surface area (Å²) in [5.41, 5.74) is 6.57. The number of alkyl halides is 2. The van der Waals surface area contributed by atoms with Gasteiger partial charge >= 0.3 is 0 Å². The molecular weight excluding hydrogens is 184 g/mol. The van der Waals surface area contributed by atoms with E-state index in [1.807, 2.05) is 6.92 Å². The number of nitrogens with two attached hydrogens (primary N) is 1. The van der Waals surface area contributed by atoms with Crippen LogP contribution in [0.5, 0.6) is 0 Å². The van der Waals surface area contributed by atoms with Gasteiger partial charge in [0.25, 0.3) is 6.43 Å². The van der Waals surface area contributed by atoms with E-state index in [4.69, 9.17) is 5.73 Å². The van der Waals surface area contributed by atoms with Gasteiger partial charge in [-0.2, -0.15) is 0 Å². The lowest BCUT2D eigenvalue weighted by molar-refractivity contribution is 0.151. The highest BCUT2D eigenvalue weighted by atomic mass is 19.3. The molecule has 0 radical (unpaired) electrons. The van der Waals surface area contributed by atoms with E-state index in [1.165, 1.54) is 12.1 Å². The van der Waals surface area contributed by atoms with Gasteiger partial charge < -0.3 is 5.73 Å². The number of halogens is 2. The van der Waals surface area contributed by atoms with Gasteiger partial charge in [0.1, 0.15) is 0 Å². The van der Waals surface area contributed by atoms with Crippen molar-refractivity contribution in [1.29, 1.82) is 0 Å². The van der Waals surface area contributed by atoms with E-state index in [-0.39, 0.29) is 5.56 Å². The fourth-order valence-corrected chi connectivity index (χ4v) is 1.39. The van der Waals surface area contributed by atoms with E-state index in [0.29, 0.717) is 12.5 Å². The minimum absolute atomic E-state index is 0.0775. The van der Waals surface area contributed by atoms with Gasteiger partial charge in [-0.05, 0) is 24.4 Å². The van der Waals surface area contributed by atoms with Gasteiger partial charge in [-0.3, -0.25) is 0 Å². The van der Waals surface area contributed by atoms with Gasteiger partial charge in [0.15, 0.2) is 0 Å². The molecule has 0 aliphatic rings. The van der Waals surface area contributed by atoms with Crippen molar-refractivity contribution in [2.24, 2.45) is 5.73 Å². The lowest BCUT2D eigenvalue weighted by Gasteiger charge is -2.10. The van der Waals surface area contributed by atoms with Gasteiger partial charge in [-0.1, -0.05) is 31.2 Å². The van der Waals surface area contributed by atoms with Crippen molar-refractivity contribution in [2.45, 2.75) is 25.7 Å². The summed E-state index contributed by atoms with van der Waals surface area (Å²) in [6, 6.07) is 6.46. The van der Waals surface area contributed by atoms with Crippen molar-refractivity contribution >= 4 is 0 Å². The molecular formula is C11H15F2N. The summed E-state index contributed by atoms with van der Waals surface area (Å²) in [5.74, 6) is 0.340. The number of benzene rings is 1. The molecule has 1 unspecified atom stereocenters. The molecule has 1 nitrogen and oxygen atoms in total. The maximum atomic E-state index is 12.2. The van der Waals surface area contributed by atoms with Crippen LogP contribution in [0.15, 0.2) is 24.3 Å². The van der Waals surface area contributed by atoms with Gasteiger partial charge in [-0.25, -0.2) is 8.78 Å². The lowest BCUT2D eigenvalue weighted by atomic mass is 9.97. The Balaban J connectivity index is 2.72. The van der Waals surface area contributed by atoms with Gasteiger partial charge in [0, 0.05) is 5.56 Å². The first-order valence-electron chi connectivity index (χ1n) is 4.73. The second-order valence-corrected chi connectivity index (χ2v) is 3.45. The summed E-state index contributed by atoms with van der Waals surface area (Å²) in [5, 5.41) is 0. The third-order valence-corrected chi connectivity index (χ3v) is 2.36. The van der Waals surface area contributed by atoms with Crippen molar-refractivity contribution in [2.75, 3.05) is 6.54 Å². The normalized spacial score (nSPS) is 13.2. The summed E-state index contributed by atoms with van der Waals surface area (Å²) in [7, 11) is 0. The van der Waals surface area contributed by atoms with Gasteiger partial charge in [0.05, 0.1) is 0 Å². The Bertz CT molecular complexity index is 269. The van der Waals surface area contributed by atoms with Crippen molar-refractivity contribution in [3.05, 3.63) is 35.4 Å². The van der Waals surface area contributed by atoms with Crippen LogP contribution in [-0.4, -0.2) is 6.54 Å². The van der Waals surface area contributed by atoms with Crippen LogP contribution in [0.4, 0.5) is 8.78 Å². The molecule has 0 aliphatic heterocycles. The van der Waals surface area contributed by atoms with E-state index in [2.05, 4.69) is 0 Å². The Morgan fingerprint density at radius 3 is 2.07 bits per heavy atom. The topological polar surface area (TPSA) is 26.0 Å². The molecule has 2 N–H and O–H groups in total. The minimum Gasteiger partial charge on any atom is -0.330 e. The third-order valence-electron chi connectivity index (χ3n) is 2.36. The standard InChI is InChI=1S/C11H15F2N/c1-8(6-7-14)9-2-4-10(5-3-9)11(12)13/h2-5,8,11H,6-7,14H2,1H3. The number of rotatable bonds is 4.